The van der Waals surface area contributed by atoms with Gasteiger partial charge in [0.2, 0.25) is 0 Å². The molecule has 0 aliphatic rings. The molecule has 0 aliphatic heterocycles. The van der Waals surface area contributed by atoms with E-state index in [9.17, 15) is 9.59 Å². The highest BCUT2D eigenvalue weighted by Gasteiger charge is 2.26. The standard InChI is InChI=1S/C26H37N5O4/c1-9-19-16-18(28-29(19)8)17-30(23(32)34-25(2,3)4)15-14-22-27-20-12-10-11-13-21(20)31(22)24(33)35-26(5,6)7/h10-13,16H,9,14-15,17H2,1-8H3. The van der Waals surface area contributed by atoms with Gasteiger partial charge in [-0.3, -0.25) is 4.68 Å². The molecule has 1 aromatic carbocycles. The van der Waals surface area contributed by atoms with E-state index in [2.05, 4.69) is 17.0 Å². The van der Waals surface area contributed by atoms with Crippen LogP contribution in [0.3, 0.4) is 0 Å². The Morgan fingerprint density at radius 1 is 1.03 bits per heavy atom. The van der Waals surface area contributed by atoms with Crippen LogP contribution >= 0.6 is 0 Å². The van der Waals surface area contributed by atoms with E-state index in [1.54, 1.807) is 4.90 Å². The fourth-order valence-corrected chi connectivity index (χ4v) is 3.73. The Labute approximate surface area is 207 Å². The summed E-state index contributed by atoms with van der Waals surface area (Å²) in [6, 6.07) is 9.41. The van der Waals surface area contributed by atoms with Crippen molar-refractivity contribution in [1.29, 1.82) is 0 Å². The van der Waals surface area contributed by atoms with Crippen LogP contribution in [0, 0.1) is 0 Å². The highest BCUT2D eigenvalue weighted by molar-refractivity contribution is 5.87. The van der Waals surface area contributed by atoms with Gasteiger partial charge in [0.25, 0.3) is 0 Å². The van der Waals surface area contributed by atoms with Crippen LogP contribution in [0.5, 0.6) is 0 Å². The molecule has 1 amide bonds. The summed E-state index contributed by atoms with van der Waals surface area (Å²) >= 11 is 0. The van der Waals surface area contributed by atoms with Gasteiger partial charge in [0.15, 0.2) is 0 Å². The summed E-state index contributed by atoms with van der Waals surface area (Å²) in [5.74, 6) is 0.518. The first-order valence-corrected chi connectivity index (χ1v) is 12.0. The summed E-state index contributed by atoms with van der Waals surface area (Å²) in [6.07, 6.45) is 0.236. The van der Waals surface area contributed by atoms with Crippen molar-refractivity contribution in [2.24, 2.45) is 7.05 Å². The maximum atomic E-state index is 13.1. The zero-order valence-electron chi connectivity index (χ0n) is 22.1. The molecule has 0 atom stereocenters. The molecule has 0 saturated heterocycles. The van der Waals surface area contributed by atoms with Crippen LogP contribution in [0.1, 0.15) is 65.7 Å². The van der Waals surface area contributed by atoms with Crippen molar-refractivity contribution in [2.75, 3.05) is 6.54 Å². The molecular weight excluding hydrogens is 446 g/mol. The smallest absolute Gasteiger partial charge is 0.420 e. The van der Waals surface area contributed by atoms with Gasteiger partial charge < -0.3 is 14.4 Å². The minimum Gasteiger partial charge on any atom is -0.444 e. The number of ether oxygens (including phenoxy) is 2. The number of benzene rings is 1. The first-order chi connectivity index (χ1) is 16.3. The molecule has 0 saturated carbocycles. The minimum atomic E-state index is -0.655. The van der Waals surface area contributed by atoms with Crippen molar-refractivity contribution in [3.8, 4) is 0 Å². The summed E-state index contributed by atoms with van der Waals surface area (Å²) in [6.45, 7) is 13.6. The van der Waals surface area contributed by atoms with Crippen LogP contribution in [-0.2, 0) is 35.9 Å². The Hall–Kier alpha value is -3.36. The molecule has 0 radical (unpaired) electrons. The van der Waals surface area contributed by atoms with Crippen molar-refractivity contribution in [3.05, 3.63) is 47.5 Å². The zero-order valence-corrected chi connectivity index (χ0v) is 22.1. The third-order valence-electron chi connectivity index (χ3n) is 5.21. The highest BCUT2D eigenvalue weighted by atomic mass is 16.6. The molecule has 0 N–H and O–H groups in total. The Bertz CT molecular complexity index is 1200. The van der Waals surface area contributed by atoms with E-state index < -0.39 is 23.4 Å². The van der Waals surface area contributed by atoms with Gasteiger partial charge in [-0.05, 0) is 66.2 Å². The molecule has 2 aromatic heterocycles. The SMILES string of the molecule is CCc1cc(CN(CCc2nc3ccccc3n2C(=O)OC(C)(C)C)C(=O)OC(C)(C)C)nn1C. The summed E-state index contributed by atoms with van der Waals surface area (Å²) in [5.41, 5.74) is 1.91. The lowest BCUT2D eigenvalue weighted by Crippen LogP contribution is -2.38. The maximum absolute atomic E-state index is 13.1. The maximum Gasteiger partial charge on any atom is 0.420 e. The second kappa shape index (κ2) is 10.1. The molecule has 0 unspecified atom stereocenters. The van der Waals surface area contributed by atoms with Crippen molar-refractivity contribution >= 4 is 23.2 Å². The molecule has 0 aliphatic carbocycles. The van der Waals surface area contributed by atoms with Crippen LogP contribution in [0.15, 0.2) is 30.3 Å². The van der Waals surface area contributed by atoms with Gasteiger partial charge in [-0.1, -0.05) is 19.1 Å². The third kappa shape index (κ3) is 6.83. The lowest BCUT2D eigenvalue weighted by molar-refractivity contribution is 0.0232. The van der Waals surface area contributed by atoms with Gasteiger partial charge in [-0.2, -0.15) is 5.10 Å². The highest BCUT2D eigenvalue weighted by Crippen LogP contribution is 2.20. The van der Waals surface area contributed by atoms with Gasteiger partial charge >= 0.3 is 12.2 Å². The van der Waals surface area contributed by atoms with Crippen LogP contribution < -0.4 is 0 Å². The van der Waals surface area contributed by atoms with Crippen molar-refractivity contribution in [1.82, 2.24) is 24.2 Å². The van der Waals surface area contributed by atoms with Gasteiger partial charge in [0.05, 0.1) is 23.3 Å². The number of hydrogen-bond donors (Lipinski definition) is 0. The predicted octanol–water partition coefficient (Wildman–Crippen LogP) is 5.10. The van der Waals surface area contributed by atoms with Gasteiger partial charge in [0, 0.05) is 25.7 Å². The average Bonchev–Trinajstić information content (AvgIpc) is 3.27. The molecule has 3 aromatic rings. The van der Waals surface area contributed by atoms with E-state index in [0.717, 1.165) is 17.8 Å². The van der Waals surface area contributed by atoms with E-state index >= 15 is 0 Å². The fourth-order valence-electron chi connectivity index (χ4n) is 3.73. The van der Waals surface area contributed by atoms with E-state index in [1.165, 1.54) is 4.57 Å². The van der Waals surface area contributed by atoms with E-state index in [1.807, 2.05) is 83.6 Å². The number of carbonyl (C=O) groups is 2. The molecule has 3 rings (SSSR count). The van der Waals surface area contributed by atoms with E-state index in [0.29, 0.717) is 29.8 Å². The first-order valence-electron chi connectivity index (χ1n) is 12.0. The fraction of sp³-hybridized carbons (Fsp3) is 0.538. The largest absolute Gasteiger partial charge is 0.444 e. The predicted molar refractivity (Wildman–Crippen MR) is 134 cm³/mol. The first kappa shape index (κ1) is 26.2. The number of carbonyl (C=O) groups excluding carboxylic acids is 2. The Kier molecular flexibility index (Phi) is 7.57. The van der Waals surface area contributed by atoms with Crippen molar-refractivity contribution in [2.45, 2.75) is 79.1 Å². The summed E-state index contributed by atoms with van der Waals surface area (Å²) in [4.78, 5) is 32.4. The summed E-state index contributed by atoms with van der Waals surface area (Å²) in [5, 5.41) is 4.55. The summed E-state index contributed by atoms with van der Waals surface area (Å²) < 4.78 is 14.6. The number of amides is 1. The molecule has 9 nitrogen and oxygen atoms in total. The number of hydrogen-bond acceptors (Lipinski definition) is 6. The van der Waals surface area contributed by atoms with Crippen LogP contribution in [0.25, 0.3) is 11.0 Å². The number of rotatable bonds is 6. The lowest BCUT2D eigenvalue weighted by atomic mass is 10.2. The second-order valence-electron chi connectivity index (χ2n) is 10.6. The molecule has 35 heavy (non-hydrogen) atoms. The molecule has 2 heterocycles. The number of imidazole rings is 1. The minimum absolute atomic E-state index is 0.287. The van der Waals surface area contributed by atoms with Gasteiger partial charge in [-0.15, -0.1) is 0 Å². The number of aromatic nitrogens is 4. The Morgan fingerprint density at radius 2 is 1.69 bits per heavy atom. The average molecular weight is 484 g/mol. The lowest BCUT2D eigenvalue weighted by Gasteiger charge is -2.27. The molecular formula is C26H37N5O4. The molecule has 190 valence electrons. The van der Waals surface area contributed by atoms with Crippen molar-refractivity contribution in [3.63, 3.8) is 0 Å². The van der Waals surface area contributed by atoms with E-state index in [-0.39, 0.29) is 6.54 Å². The number of aryl methyl sites for hydroxylation is 2. The number of para-hydroxylation sites is 2. The summed E-state index contributed by atoms with van der Waals surface area (Å²) in [7, 11) is 1.89. The second-order valence-corrected chi connectivity index (χ2v) is 10.6. The zero-order chi connectivity index (χ0) is 26.0. The normalized spacial score (nSPS) is 12.1. The number of nitrogens with zero attached hydrogens (tertiary/aromatic N) is 5. The van der Waals surface area contributed by atoms with E-state index in [4.69, 9.17) is 9.47 Å². The Morgan fingerprint density at radius 3 is 2.29 bits per heavy atom. The van der Waals surface area contributed by atoms with Crippen LogP contribution in [0.2, 0.25) is 0 Å². The monoisotopic (exact) mass is 483 g/mol. The topological polar surface area (TPSA) is 91.5 Å². The van der Waals surface area contributed by atoms with Crippen LogP contribution in [-0.4, -0.2) is 54.2 Å². The molecule has 9 heteroatoms. The molecule has 0 bridgehead atoms. The molecule has 0 spiro atoms. The molecule has 0 fully saturated rings. The third-order valence-corrected chi connectivity index (χ3v) is 5.21. The Balaban J connectivity index is 1.90. The quantitative estimate of drug-likeness (QED) is 0.485. The van der Waals surface area contributed by atoms with Crippen LogP contribution in [0.4, 0.5) is 9.59 Å². The number of fused-ring (bicyclic) bond motifs is 1. The van der Waals surface area contributed by atoms with Crippen molar-refractivity contribution < 1.29 is 19.1 Å². The van der Waals surface area contributed by atoms with Gasteiger partial charge in [0.1, 0.15) is 17.0 Å². The van der Waals surface area contributed by atoms with Gasteiger partial charge in [-0.25, -0.2) is 19.1 Å².